The van der Waals surface area contributed by atoms with E-state index in [9.17, 15) is 0 Å². The number of rotatable bonds is 11. The first-order valence-corrected chi connectivity index (χ1v) is 14.7. The fourth-order valence-corrected chi connectivity index (χ4v) is 5.84. The Morgan fingerprint density at radius 2 is 1.54 bits per heavy atom. The molecule has 0 fully saturated rings. The molecule has 0 heterocycles. The van der Waals surface area contributed by atoms with Crippen molar-refractivity contribution in [2.45, 2.75) is 84.2 Å². The zero-order valence-electron chi connectivity index (χ0n) is 17.5. The number of ether oxygens (including phenoxy) is 1. The van der Waals surface area contributed by atoms with Crippen LogP contribution in [-0.4, -0.2) is 30.4 Å². The van der Waals surface area contributed by atoms with Crippen molar-refractivity contribution in [1.82, 2.24) is 0 Å². The fraction of sp³-hybridized carbons (Fsp3) is 0.789. The van der Waals surface area contributed by atoms with E-state index in [2.05, 4.69) is 60.7 Å². The molecule has 0 bridgehead atoms. The molecular formula is C19H40O3Si2. The SMILES string of the molecule is CC[Si](CC)(CC)OC(=C\OC)/C=C/CCO[Si](C)(C)C(C)(C)C. The van der Waals surface area contributed by atoms with Crippen molar-refractivity contribution in [3.8, 4) is 0 Å². The molecule has 24 heavy (non-hydrogen) atoms. The average Bonchev–Trinajstić information content (AvgIpc) is 2.51. The van der Waals surface area contributed by atoms with Gasteiger partial charge in [0.15, 0.2) is 8.32 Å². The van der Waals surface area contributed by atoms with Gasteiger partial charge in [-0.25, -0.2) is 0 Å². The largest absolute Gasteiger partial charge is 0.541 e. The van der Waals surface area contributed by atoms with E-state index >= 15 is 0 Å². The Bertz CT molecular complexity index is 397. The number of hydrogen-bond donors (Lipinski definition) is 0. The quantitative estimate of drug-likeness (QED) is 0.180. The first kappa shape index (κ1) is 23.5. The van der Waals surface area contributed by atoms with Gasteiger partial charge in [-0.3, -0.25) is 0 Å². The molecule has 5 heteroatoms. The second-order valence-corrected chi connectivity index (χ2v) is 17.4. The molecule has 0 unspecified atom stereocenters. The topological polar surface area (TPSA) is 27.7 Å². The van der Waals surface area contributed by atoms with Gasteiger partial charge in [-0.1, -0.05) is 47.6 Å². The van der Waals surface area contributed by atoms with Crippen LogP contribution in [0.4, 0.5) is 0 Å². The monoisotopic (exact) mass is 372 g/mol. The summed E-state index contributed by atoms with van der Waals surface area (Å²) in [7, 11) is -1.64. The summed E-state index contributed by atoms with van der Waals surface area (Å²) in [5.41, 5.74) is 0. The van der Waals surface area contributed by atoms with Crippen LogP contribution in [0, 0.1) is 0 Å². The molecule has 3 nitrogen and oxygen atoms in total. The normalized spacial score (nSPS) is 14.3. The van der Waals surface area contributed by atoms with Crippen molar-refractivity contribution in [1.29, 1.82) is 0 Å². The third-order valence-electron chi connectivity index (χ3n) is 5.34. The average molecular weight is 373 g/mol. The minimum atomic E-state index is -1.66. The predicted molar refractivity (Wildman–Crippen MR) is 110 cm³/mol. The van der Waals surface area contributed by atoms with E-state index in [-0.39, 0.29) is 5.04 Å². The van der Waals surface area contributed by atoms with Gasteiger partial charge < -0.3 is 13.6 Å². The van der Waals surface area contributed by atoms with Crippen LogP contribution in [0.25, 0.3) is 0 Å². The molecule has 0 N–H and O–H groups in total. The van der Waals surface area contributed by atoms with Gasteiger partial charge in [-0.15, -0.1) is 0 Å². The van der Waals surface area contributed by atoms with E-state index in [1.807, 2.05) is 6.08 Å². The van der Waals surface area contributed by atoms with Gasteiger partial charge in [0.05, 0.1) is 7.11 Å². The van der Waals surface area contributed by atoms with E-state index < -0.39 is 16.6 Å². The van der Waals surface area contributed by atoms with Crippen molar-refractivity contribution in [3.05, 3.63) is 24.2 Å². The molecule has 0 aliphatic carbocycles. The first-order chi connectivity index (χ1) is 11.1. The maximum absolute atomic E-state index is 6.38. The van der Waals surface area contributed by atoms with Gasteiger partial charge in [0.1, 0.15) is 12.0 Å². The van der Waals surface area contributed by atoms with Crippen molar-refractivity contribution in [2.24, 2.45) is 0 Å². The van der Waals surface area contributed by atoms with E-state index in [1.54, 1.807) is 13.4 Å². The molecule has 0 rings (SSSR count). The molecule has 0 aromatic heterocycles. The summed E-state index contributed by atoms with van der Waals surface area (Å²) < 4.78 is 17.8. The molecule has 0 radical (unpaired) electrons. The summed E-state index contributed by atoms with van der Waals surface area (Å²) in [6.07, 6.45) is 6.79. The van der Waals surface area contributed by atoms with Crippen molar-refractivity contribution >= 4 is 16.6 Å². The molecule has 0 aliphatic rings. The van der Waals surface area contributed by atoms with E-state index in [1.165, 1.54) is 0 Å². The second kappa shape index (κ2) is 10.5. The highest BCUT2D eigenvalue weighted by atomic mass is 28.4. The van der Waals surface area contributed by atoms with Crippen LogP contribution in [0.3, 0.4) is 0 Å². The van der Waals surface area contributed by atoms with Crippen LogP contribution in [-0.2, 0) is 13.6 Å². The summed E-state index contributed by atoms with van der Waals surface area (Å²) in [5.74, 6) is 0.849. The van der Waals surface area contributed by atoms with Crippen molar-refractivity contribution in [2.75, 3.05) is 13.7 Å². The fourth-order valence-electron chi connectivity index (χ4n) is 2.23. The lowest BCUT2D eigenvalue weighted by molar-refractivity contribution is 0.293. The highest BCUT2D eigenvalue weighted by molar-refractivity contribution is 6.74. The van der Waals surface area contributed by atoms with Gasteiger partial charge in [-0.2, -0.15) is 0 Å². The first-order valence-electron chi connectivity index (χ1n) is 9.30. The maximum atomic E-state index is 6.38. The van der Waals surface area contributed by atoms with Crippen LogP contribution in [0.2, 0.25) is 36.3 Å². The maximum Gasteiger partial charge on any atom is 0.250 e. The van der Waals surface area contributed by atoms with Crippen LogP contribution in [0.15, 0.2) is 24.2 Å². The van der Waals surface area contributed by atoms with Gasteiger partial charge in [0, 0.05) is 6.61 Å². The van der Waals surface area contributed by atoms with E-state index in [4.69, 9.17) is 13.6 Å². The van der Waals surface area contributed by atoms with Crippen LogP contribution < -0.4 is 0 Å². The minimum Gasteiger partial charge on any atom is -0.541 e. The number of methoxy groups -OCH3 is 1. The molecule has 0 saturated carbocycles. The summed E-state index contributed by atoms with van der Waals surface area (Å²) in [6, 6.07) is 3.39. The smallest absolute Gasteiger partial charge is 0.250 e. The standard InChI is InChI=1S/C19H40O3Si2/c1-10-24(11-2,12-3)22-18(17-20-7)15-13-14-16-21-23(8,9)19(4,5)6/h13,15,17H,10-12,14,16H2,1-9H3/b15-13+,18-17-. The summed E-state index contributed by atoms with van der Waals surface area (Å²) >= 11 is 0. The molecule has 0 saturated heterocycles. The molecule has 0 aliphatic heterocycles. The molecule has 0 amide bonds. The molecule has 0 aromatic carbocycles. The molecule has 142 valence electrons. The zero-order chi connectivity index (χ0) is 18.9. The predicted octanol–water partition coefficient (Wildman–Crippen LogP) is 6.46. The van der Waals surface area contributed by atoms with Crippen molar-refractivity contribution < 1.29 is 13.6 Å². The zero-order valence-corrected chi connectivity index (χ0v) is 19.5. The summed E-state index contributed by atoms with van der Waals surface area (Å²) in [5, 5.41) is 0.259. The molecule has 0 aromatic rings. The van der Waals surface area contributed by atoms with Crippen molar-refractivity contribution in [3.63, 3.8) is 0 Å². The molecule has 0 spiro atoms. The Hall–Kier alpha value is -0.526. The Morgan fingerprint density at radius 1 is 1.00 bits per heavy atom. The van der Waals surface area contributed by atoms with E-state index in [0.29, 0.717) is 0 Å². The van der Waals surface area contributed by atoms with Gasteiger partial charge in [-0.05, 0) is 48.8 Å². The Kier molecular flexibility index (Phi) is 10.2. The van der Waals surface area contributed by atoms with Crippen LogP contribution in [0.1, 0.15) is 48.0 Å². The number of hydrogen-bond acceptors (Lipinski definition) is 3. The third-order valence-corrected chi connectivity index (χ3v) is 14.4. The lowest BCUT2D eigenvalue weighted by Gasteiger charge is -2.36. The Labute approximate surface area is 152 Å². The van der Waals surface area contributed by atoms with Gasteiger partial charge in [0.2, 0.25) is 0 Å². The van der Waals surface area contributed by atoms with Crippen LogP contribution in [0.5, 0.6) is 0 Å². The van der Waals surface area contributed by atoms with Crippen LogP contribution >= 0.6 is 0 Å². The minimum absolute atomic E-state index is 0.259. The van der Waals surface area contributed by atoms with Gasteiger partial charge >= 0.3 is 0 Å². The van der Waals surface area contributed by atoms with Gasteiger partial charge in [0.25, 0.3) is 8.32 Å². The Balaban J connectivity index is 4.65. The highest BCUT2D eigenvalue weighted by Crippen LogP contribution is 2.36. The number of allylic oxidation sites excluding steroid dienone is 1. The lowest BCUT2D eigenvalue weighted by atomic mass is 10.2. The lowest BCUT2D eigenvalue weighted by Crippen LogP contribution is -2.40. The molecule has 0 atom stereocenters. The summed E-state index contributed by atoms with van der Waals surface area (Å²) in [4.78, 5) is 0. The highest BCUT2D eigenvalue weighted by Gasteiger charge is 2.36. The summed E-state index contributed by atoms with van der Waals surface area (Å²) in [6.45, 7) is 18.9. The third kappa shape index (κ3) is 7.57. The molecular weight excluding hydrogens is 332 g/mol. The van der Waals surface area contributed by atoms with E-state index in [0.717, 1.165) is 36.9 Å². The Morgan fingerprint density at radius 3 is 1.96 bits per heavy atom. The second-order valence-electron chi connectivity index (χ2n) is 7.90.